The molecule has 2 aliphatic rings. The van der Waals surface area contributed by atoms with Gasteiger partial charge in [0.2, 0.25) is 5.91 Å². The van der Waals surface area contributed by atoms with Crippen LogP contribution >= 0.6 is 0 Å². The topological polar surface area (TPSA) is 68.2 Å². The van der Waals surface area contributed by atoms with Crippen LogP contribution in [0.3, 0.4) is 0 Å². The molecule has 6 heteroatoms. The molecule has 1 aliphatic carbocycles. The molecule has 0 bridgehead atoms. The van der Waals surface area contributed by atoms with Gasteiger partial charge in [-0.05, 0) is 54.2 Å². The molecule has 1 heterocycles. The molecule has 5 nitrogen and oxygen atoms in total. The number of amides is 1. The fraction of sp³-hybridized carbons (Fsp3) is 0.333. The van der Waals surface area contributed by atoms with Crippen molar-refractivity contribution in [1.82, 2.24) is 10.2 Å². The Morgan fingerprint density at radius 1 is 1.17 bits per heavy atom. The third kappa shape index (κ3) is 4.87. The monoisotopic (exact) mass is 406 g/mol. The molecule has 0 unspecified atom stereocenters. The van der Waals surface area contributed by atoms with Crippen LogP contribution < -0.4 is 10.6 Å². The summed E-state index contributed by atoms with van der Waals surface area (Å²) >= 11 is 0. The zero-order chi connectivity index (χ0) is 21.1. The Balaban J connectivity index is 1.54. The van der Waals surface area contributed by atoms with Gasteiger partial charge >= 0.3 is 0 Å². The Labute approximate surface area is 176 Å². The number of nitrogens with zero attached hydrogens (tertiary/aromatic N) is 1. The van der Waals surface area contributed by atoms with E-state index in [4.69, 9.17) is 5.41 Å². The molecule has 4 rings (SSSR count). The second kappa shape index (κ2) is 8.69. The van der Waals surface area contributed by atoms with Gasteiger partial charge in [-0.15, -0.1) is 0 Å². The number of anilines is 1. The Morgan fingerprint density at radius 2 is 1.90 bits per heavy atom. The molecule has 0 spiro atoms. The summed E-state index contributed by atoms with van der Waals surface area (Å²) in [6.07, 6.45) is 3.25. The average Bonchev–Trinajstić information content (AvgIpc) is 3.57. The Bertz CT molecular complexity index is 996. The van der Waals surface area contributed by atoms with Crippen LogP contribution in [0.15, 0.2) is 59.8 Å². The average molecular weight is 407 g/mol. The van der Waals surface area contributed by atoms with Gasteiger partial charge < -0.3 is 15.5 Å². The van der Waals surface area contributed by atoms with Gasteiger partial charge in [-0.25, -0.2) is 4.39 Å². The lowest BCUT2D eigenvalue weighted by Crippen LogP contribution is -2.41. The number of benzene rings is 2. The van der Waals surface area contributed by atoms with Gasteiger partial charge in [-0.1, -0.05) is 24.3 Å². The molecule has 30 heavy (non-hydrogen) atoms. The minimum absolute atomic E-state index is 0.0228. The van der Waals surface area contributed by atoms with Gasteiger partial charge in [-0.3, -0.25) is 10.2 Å². The van der Waals surface area contributed by atoms with Gasteiger partial charge in [0, 0.05) is 43.4 Å². The Hall–Kier alpha value is -3.15. The lowest BCUT2D eigenvalue weighted by atomic mass is 10.0. The molecule has 1 fully saturated rings. The van der Waals surface area contributed by atoms with Crippen molar-refractivity contribution in [2.45, 2.75) is 26.2 Å². The largest absolute Gasteiger partial charge is 0.388 e. The quantitative estimate of drug-likeness (QED) is 0.492. The van der Waals surface area contributed by atoms with Gasteiger partial charge in [-0.2, -0.15) is 0 Å². The van der Waals surface area contributed by atoms with Crippen molar-refractivity contribution in [2.75, 3.05) is 25.0 Å². The van der Waals surface area contributed by atoms with Crippen LogP contribution in [0.5, 0.6) is 0 Å². The molecular weight excluding hydrogens is 379 g/mol. The van der Waals surface area contributed by atoms with E-state index in [2.05, 4.69) is 10.6 Å². The number of hydrogen-bond acceptors (Lipinski definition) is 3. The number of nitrogens with one attached hydrogen (secondary N) is 3. The van der Waals surface area contributed by atoms with Gasteiger partial charge in [0.15, 0.2) is 0 Å². The maximum Gasteiger partial charge on any atom is 0.219 e. The summed E-state index contributed by atoms with van der Waals surface area (Å²) in [5, 5.41) is 15.4. The summed E-state index contributed by atoms with van der Waals surface area (Å²) in [5.41, 5.74) is 4.31. The smallest absolute Gasteiger partial charge is 0.219 e. The highest BCUT2D eigenvalue weighted by molar-refractivity contribution is 6.07. The number of hydrogen-bond donors (Lipinski definition) is 3. The highest BCUT2D eigenvalue weighted by Gasteiger charge is 2.26. The van der Waals surface area contributed by atoms with E-state index in [0.29, 0.717) is 13.1 Å². The van der Waals surface area contributed by atoms with Crippen LogP contribution in [0, 0.1) is 17.1 Å². The van der Waals surface area contributed by atoms with Crippen LogP contribution in [0.2, 0.25) is 0 Å². The molecule has 1 saturated carbocycles. The van der Waals surface area contributed by atoms with Crippen molar-refractivity contribution >= 4 is 17.4 Å². The first-order valence-electron chi connectivity index (χ1n) is 10.4. The summed E-state index contributed by atoms with van der Waals surface area (Å²) in [4.78, 5) is 13.7. The minimum atomic E-state index is -0.276. The summed E-state index contributed by atoms with van der Waals surface area (Å²) in [7, 11) is 0. The first kappa shape index (κ1) is 20.1. The third-order valence-electron chi connectivity index (χ3n) is 5.68. The van der Waals surface area contributed by atoms with E-state index in [1.165, 1.54) is 25.0 Å². The molecule has 156 valence electrons. The molecule has 2 aromatic carbocycles. The first-order chi connectivity index (χ1) is 14.5. The second-order valence-electron chi connectivity index (χ2n) is 8.06. The molecule has 2 aromatic rings. The maximum atomic E-state index is 13.6. The van der Waals surface area contributed by atoms with E-state index in [9.17, 15) is 9.18 Å². The number of amidine groups is 1. The van der Waals surface area contributed by atoms with E-state index in [1.54, 1.807) is 17.9 Å². The molecule has 0 aromatic heterocycles. The lowest BCUT2D eigenvalue weighted by Gasteiger charge is -2.31. The fourth-order valence-corrected chi connectivity index (χ4v) is 3.71. The van der Waals surface area contributed by atoms with Crippen LogP contribution in [-0.2, 0) is 4.79 Å². The van der Waals surface area contributed by atoms with E-state index in [-0.39, 0.29) is 17.6 Å². The van der Waals surface area contributed by atoms with Crippen molar-refractivity contribution in [3.63, 3.8) is 0 Å². The van der Waals surface area contributed by atoms with Gasteiger partial charge in [0.05, 0.1) is 6.54 Å². The van der Waals surface area contributed by atoms with Crippen LogP contribution in [0.4, 0.5) is 10.1 Å². The van der Waals surface area contributed by atoms with Crippen molar-refractivity contribution in [2.24, 2.45) is 5.92 Å². The molecule has 0 radical (unpaired) electrons. The maximum absolute atomic E-state index is 13.6. The predicted molar refractivity (Wildman–Crippen MR) is 118 cm³/mol. The number of halogens is 1. The Morgan fingerprint density at radius 3 is 2.60 bits per heavy atom. The van der Waals surface area contributed by atoms with Crippen molar-refractivity contribution < 1.29 is 9.18 Å². The normalized spacial score (nSPS) is 16.4. The van der Waals surface area contributed by atoms with Crippen molar-refractivity contribution in [1.29, 1.82) is 5.41 Å². The van der Waals surface area contributed by atoms with Gasteiger partial charge in [0.25, 0.3) is 0 Å². The van der Waals surface area contributed by atoms with Crippen LogP contribution in [0.1, 0.15) is 26.2 Å². The summed E-state index contributed by atoms with van der Waals surface area (Å²) < 4.78 is 13.6. The molecular formula is C24H27FN4O. The predicted octanol–water partition coefficient (Wildman–Crippen LogP) is 4.39. The molecule has 1 amide bonds. The van der Waals surface area contributed by atoms with E-state index < -0.39 is 0 Å². The number of carbonyl (C=O) groups excluding carboxylic acids is 1. The van der Waals surface area contributed by atoms with E-state index >= 15 is 0 Å². The summed E-state index contributed by atoms with van der Waals surface area (Å²) in [6, 6.07) is 14.1. The highest BCUT2D eigenvalue weighted by Crippen LogP contribution is 2.29. The Kier molecular flexibility index (Phi) is 5.84. The standard InChI is InChI=1S/C24H27FN4O/c1-16(30)29-11-10-23(27-14-17-8-9-17)22(15-29)24(26)28-21-7-3-5-19(13-21)18-4-2-6-20(25)12-18/h2-7,12-13,17,27H,8-11,14-15H2,1H3,(H2,26,28). The lowest BCUT2D eigenvalue weighted by molar-refractivity contribution is -0.128. The van der Waals surface area contributed by atoms with Gasteiger partial charge in [0.1, 0.15) is 11.7 Å². The highest BCUT2D eigenvalue weighted by atomic mass is 19.1. The van der Waals surface area contributed by atoms with Crippen LogP contribution in [0.25, 0.3) is 11.1 Å². The molecule has 1 aliphatic heterocycles. The zero-order valence-corrected chi connectivity index (χ0v) is 17.2. The number of rotatable bonds is 6. The summed E-state index contributed by atoms with van der Waals surface area (Å²) in [6.45, 7) is 3.60. The third-order valence-corrected chi connectivity index (χ3v) is 5.68. The fourth-order valence-electron chi connectivity index (χ4n) is 3.71. The number of carbonyl (C=O) groups is 1. The second-order valence-corrected chi connectivity index (χ2v) is 8.06. The summed E-state index contributed by atoms with van der Waals surface area (Å²) in [5.74, 6) is 0.765. The zero-order valence-electron chi connectivity index (χ0n) is 17.2. The van der Waals surface area contributed by atoms with Crippen LogP contribution in [-0.4, -0.2) is 36.3 Å². The SMILES string of the molecule is CC(=O)N1CCC(NCC2CC2)=C(C(=N)Nc2cccc(-c3cccc(F)c3)c2)C1. The van der Waals surface area contributed by atoms with Crippen molar-refractivity contribution in [3.8, 4) is 11.1 Å². The first-order valence-corrected chi connectivity index (χ1v) is 10.4. The minimum Gasteiger partial charge on any atom is -0.388 e. The van der Waals surface area contributed by atoms with E-state index in [1.807, 2.05) is 30.3 Å². The molecule has 0 atom stereocenters. The molecule has 3 N–H and O–H groups in total. The van der Waals surface area contributed by atoms with Crippen molar-refractivity contribution in [3.05, 3.63) is 65.6 Å². The molecule has 0 saturated heterocycles. The van der Waals surface area contributed by atoms with E-state index in [0.717, 1.165) is 47.0 Å².